The van der Waals surface area contributed by atoms with Gasteiger partial charge in [-0.25, -0.2) is 0 Å². The van der Waals surface area contributed by atoms with Gasteiger partial charge in [0.15, 0.2) is 0 Å². The summed E-state index contributed by atoms with van der Waals surface area (Å²) in [5, 5.41) is 0. The number of carbonyl (C=O) groups is 1. The molecule has 4 aliphatic rings. The second kappa shape index (κ2) is 5.36. The number of hydrogen-bond acceptors (Lipinski definition) is 2. The summed E-state index contributed by atoms with van der Waals surface area (Å²) in [5.74, 6) is 3.04. The molecule has 0 spiro atoms. The fourth-order valence-electron chi connectivity index (χ4n) is 8.37. The Labute approximate surface area is 157 Å². The molecule has 1 aromatic carbocycles. The maximum atomic E-state index is 13.1. The molecule has 2 nitrogen and oxygen atoms in total. The van der Waals surface area contributed by atoms with Crippen LogP contribution in [0.1, 0.15) is 82.3 Å². The molecular formula is C24H32O2. The van der Waals surface area contributed by atoms with Crippen molar-refractivity contribution in [3.8, 4) is 5.75 Å². The third-order valence-electron chi connectivity index (χ3n) is 9.63. The van der Waals surface area contributed by atoms with Gasteiger partial charge in [0.25, 0.3) is 0 Å². The van der Waals surface area contributed by atoms with Crippen LogP contribution in [0.25, 0.3) is 0 Å². The number of Topliss-reactive ketones (excluding diaryl/α,β-unsaturated/α-hetero) is 1. The molecule has 0 amide bonds. The van der Waals surface area contributed by atoms with Crippen molar-refractivity contribution in [1.29, 1.82) is 0 Å². The normalized spacial score (nSPS) is 42.7. The lowest BCUT2D eigenvalue weighted by Crippen LogP contribution is -2.51. The quantitative estimate of drug-likeness (QED) is 0.699. The molecule has 0 N–H and O–H groups in total. The first-order valence-corrected chi connectivity index (χ1v) is 10.7. The average Bonchev–Trinajstić information content (AvgIpc) is 3.11. The highest BCUT2D eigenvalue weighted by atomic mass is 16.5. The first-order valence-electron chi connectivity index (χ1n) is 10.7. The van der Waals surface area contributed by atoms with E-state index < -0.39 is 0 Å². The third-order valence-corrected chi connectivity index (χ3v) is 9.63. The summed E-state index contributed by atoms with van der Waals surface area (Å²) in [7, 11) is 1.76. The van der Waals surface area contributed by atoms with Gasteiger partial charge in [0.1, 0.15) is 11.5 Å². The van der Waals surface area contributed by atoms with Crippen molar-refractivity contribution in [3.05, 3.63) is 29.3 Å². The maximum absolute atomic E-state index is 13.1. The molecule has 3 saturated carbocycles. The zero-order chi connectivity index (χ0) is 18.2. The molecule has 2 bridgehead atoms. The summed E-state index contributed by atoms with van der Waals surface area (Å²) >= 11 is 0. The first-order chi connectivity index (χ1) is 12.5. The summed E-state index contributed by atoms with van der Waals surface area (Å²) in [6.45, 7) is 4.59. The molecule has 1 aromatic rings. The Morgan fingerprint density at radius 1 is 1.15 bits per heavy atom. The van der Waals surface area contributed by atoms with Gasteiger partial charge < -0.3 is 4.74 Å². The van der Waals surface area contributed by atoms with Gasteiger partial charge in [-0.15, -0.1) is 0 Å². The van der Waals surface area contributed by atoms with E-state index in [0.717, 1.165) is 30.9 Å². The Morgan fingerprint density at radius 3 is 2.62 bits per heavy atom. The Bertz CT molecular complexity index is 755. The van der Waals surface area contributed by atoms with Crippen LogP contribution >= 0.6 is 0 Å². The lowest BCUT2D eigenvalue weighted by molar-refractivity contribution is -0.137. The van der Waals surface area contributed by atoms with Gasteiger partial charge in [0, 0.05) is 11.8 Å². The van der Waals surface area contributed by atoms with Crippen LogP contribution in [-0.4, -0.2) is 12.9 Å². The summed E-state index contributed by atoms with van der Waals surface area (Å²) in [4.78, 5) is 13.1. The number of ketones is 1. The van der Waals surface area contributed by atoms with Crippen LogP contribution in [0.5, 0.6) is 5.75 Å². The van der Waals surface area contributed by atoms with E-state index in [1.807, 2.05) is 0 Å². The van der Waals surface area contributed by atoms with Crippen molar-refractivity contribution in [2.75, 3.05) is 7.11 Å². The highest BCUT2D eigenvalue weighted by Gasteiger charge is 2.74. The molecule has 3 fully saturated rings. The minimum Gasteiger partial charge on any atom is -0.497 e. The van der Waals surface area contributed by atoms with Crippen LogP contribution in [0.3, 0.4) is 0 Å². The van der Waals surface area contributed by atoms with Gasteiger partial charge in [-0.1, -0.05) is 19.9 Å². The van der Waals surface area contributed by atoms with Crippen molar-refractivity contribution >= 4 is 5.78 Å². The predicted molar refractivity (Wildman–Crippen MR) is 104 cm³/mol. The van der Waals surface area contributed by atoms with Crippen LogP contribution in [0.15, 0.2) is 18.2 Å². The lowest BCUT2D eigenvalue weighted by atomic mass is 9.46. The fourth-order valence-corrected chi connectivity index (χ4v) is 8.37. The van der Waals surface area contributed by atoms with E-state index in [4.69, 9.17) is 4.74 Å². The van der Waals surface area contributed by atoms with Gasteiger partial charge >= 0.3 is 0 Å². The average molecular weight is 353 g/mol. The van der Waals surface area contributed by atoms with E-state index in [2.05, 4.69) is 32.0 Å². The van der Waals surface area contributed by atoms with Crippen molar-refractivity contribution in [2.24, 2.45) is 22.2 Å². The fraction of sp³-hybridized carbons (Fsp3) is 0.708. The van der Waals surface area contributed by atoms with E-state index in [1.165, 1.54) is 44.1 Å². The number of rotatable bonds is 3. The van der Waals surface area contributed by atoms with Crippen LogP contribution in [0, 0.1) is 22.2 Å². The van der Waals surface area contributed by atoms with Gasteiger partial charge in [0.2, 0.25) is 0 Å². The molecule has 0 aliphatic heterocycles. The van der Waals surface area contributed by atoms with E-state index in [0.29, 0.717) is 17.1 Å². The van der Waals surface area contributed by atoms with Gasteiger partial charge in [-0.3, -0.25) is 4.79 Å². The van der Waals surface area contributed by atoms with Crippen molar-refractivity contribution in [1.82, 2.24) is 0 Å². The second-order valence-corrected chi connectivity index (χ2v) is 9.70. The molecule has 0 aromatic heterocycles. The number of benzene rings is 1. The van der Waals surface area contributed by atoms with Crippen LogP contribution in [0.2, 0.25) is 0 Å². The van der Waals surface area contributed by atoms with Crippen molar-refractivity contribution in [3.63, 3.8) is 0 Å². The molecule has 5 rings (SSSR count). The van der Waals surface area contributed by atoms with E-state index in [-0.39, 0.29) is 10.8 Å². The standard InChI is InChI=1S/C24H32O2/c1-4-21(25)24-13-11-23(12-14-24)20-8-5-16-15-17(26-3)6-7-18(16)19(20)9-10-22(23,24)2/h6-7,15,19-20H,4-5,8-14H2,1-3H3/t19-,20-,22+,23?,24?/m1/s1. The molecule has 2 heteroatoms. The van der Waals surface area contributed by atoms with Gasteiger partial charge in [0.05, 0.1) is 7.11 Å². The number of fused-ring (bicyclic) bond motifs is 3. The summed E-state index contributed by atoms with van der Waals surface area (Å²) < 4.78 is 5.46. The Morgan fingerprint density at radius 2 is 1.92 bits per heavy atom. The largest absolute Gasteiger partial charge is 0.497 e. The molecule has 26 heavy (non-hydrogen) atoms. The molecule has 0 heterocycles. The minimum atomic E-state index is 0.00685. The number of methoxy groups -OCH3 is 1. The van der Waals surface area contributed by atoms with Crippen LogP contribution in [0.4, 0.5) is 0 Å². The zero-order valence-electron chi connectivity index (χ0n) is 16.6. The second-order valence-electron chi connectivity index (χ2n) is 9.70. The maximum Gasteiger partial charge on any atom is 0.139 e. The first kappa shape index (κ1) is 16.8. The zero-order valence-corrected chi connectivity index (χ0v) is 16.6. The number of carbonyl (C=O) groups excluding carboxylic acids is 1. The van der Waals surface area contributed by atoms with Gasteiger partial charge in [-0.05, 0) is 97.3 Å². The Kier molecular flexibility index (Phi) is 3.47. The highest BCUT2D eigenvalue weighted by Crippen LogP contribution is 2.81. The van der Waals surface area contributed by atoms with E-state index >= 15 is 0 Å². The Hall–Kier alpha value is -1.31. The van der Waals surface area contributed by atoms with Crippen molar-refractivity contribution < 1.29 is 9.53 Å². The Balaban J connectivity index is 1.57. The third kappa shape index (κ3) is 1.72. The number of ether oxygens (including phenoxy) is 1. The molecule has 0 saturated heterocycles. The number of hydrogen-bond donors (Lipinski definition) is 0. The molecule has 4 aliphatic carbocycles. The van der Waals surface area contributed by atoms with Crippen molar-refractivity contribution in [2.45, 2.75) is 77.6 Å². The summed E-state index contributed by atoms with van der Waals surface area (Å²) in [6, 6.07) is 6.77. The van der Waals surface area contributed by atoms with Crippen LogP contribution < -0.4 is 4.74 Å². The van der Waals surface area contributed by atoms with E-state index in [1.54, 1.807) is 12.7 Å². The topological polar surface area (TPSA) is 26.3 Å². The highest BCUT2D eigenvalue weighted by molar-refractivity contribution is 5.86. The van der Waals surface area contributed by atoms with Gasteiger partial charge in [-0.2, -0.15) is 0 Å². The molecule has 0 unspecified atom stereocenters. The molecule has 140 valence electrons. The smallest absolute Gasteiger partial charge is 0.139 e. The summed E-state index contributed by atoms with van der Waals surface area (Å²) in [6.07, 6.45) is 10.6. The van der Waals surface area contributed by atoms with Crippen LogP contribution in [-0.2, 0) is 11.2 Å². The SMILES string of the molecule is CCC(=O)C12CCC3(CC1)[C@@H]1CCc4cc(OC)ccc4[C@H]1CC[C@]23C. The molecule has 0 radical (unpaired) electrons. The van der Waals surface area contributed by atoms with E-state index in [9.17, 15) is 4.79 Å². The predicted octanol–water partition coefficient (Wildman–Crippen LogP) is 5.68. The minimum absolute atomic E-state index is 0.00685. The molecular weight excluding hydrogens is 320 g/mol. The number of aryl methyl sites for hydroxylation is 1. The molecule has 3 atom stereocenters. The monoisotopic (exact) mass is 352 g/mol. The summed E-state index contributed by atoms with van der Waals surface area (Å²) in [5.41, 5.74) is 3.77. The lowest BCUT2D eigenvalue weighted by Gasteiger charge is -2.57.